The minimum Gasteiger partial charge on any atom is -0.493 e. The molecule has 0 bridgehead atoms. The lowest BCUT2D eigenvalue weighted by atomic mass is 10.1. The van der Waals surface area contributed by atoms with E-state index in [2.05, 4.69) is 21.8 Å². The van der Waals surface area contributed by atoms with Crippen LogP contribution in [0, 0.1) is 26.2 Å². The number of hydrogen-bond acceptors (Lipinski definition) is 5. The molecule has 162 valence electrons. The first-order chi connectivity index (χ1) is 14.8. The molecule has 2 rings (SSSR count). The monoisotopic (exact) mass is 441 g/mol. The third kappa shape index (κ3) is 7.36. The van der Waals surface area contributed by atoms with E-state index in [1.54, 1.807) is 12.1 Å². The van der Waals surface area contributed by atoms with Crippen molar-refractivity contribution in [1.29, 1.82) is 0 Å². The summed E-state index contributed by atoms with van der Waals surface area (Å²) >= 11 is 6.20. The molecule has 0 heterocycles. The Balaban J connectivity index is 1.88. The van der Waals surface area contributed by atoms with Crippen LogP contribution in [0.4, 0.5) is 5.69 Å². The standard InChI is InChI=1S/C23H24ClN3O4/c1-5-10-31-23-18(24)12-17(13-20(23)30-4)14-25-27-22(29)9-8-21(28)26-19-11-15(2)6-7-16(19)3/h1,6-7,11-14H,8-10H2,2-4H3,(H,26,28)(H,27,29). The normalized spacial score (nSPS) is 10.4. The SMILES string of the molecule is C#CCOc1c(Cl)cc(C=NNC(=O)CCC(=O)Nc2cc(C)ccc2C)cc1OC. The fourth-order valence-corrected chi connectivity index (χ4v) is 2.89. The van der Waals surface area contributed by atoms with E-state index in [1.807, 2.05) is 32.0 Å². The fourth-order valence-electron chi connectivity index (χ4n) is 2.61. The molecule has 2 aromatic rings. The van der Waals surface area contributed by atoms with E-state index < -0.39 is 0 Å². The topological polar surface area (TPSA) is 89.0 Å². The summed E-state index contributed by atoms with van der Waals surface area (Å²) in [6.45, 7) is 3.91. The van der Waals surface area contributed by atoms with Crippen LogP contribution in [0.15, 0.2) is 35.4 Å². The zero-order valence-electron chi connectivity index (χ0n) is 17.6. The van der Waals surface area contributed by atoms with Gasteiger partial charge in [0.15, 0.2) is 11.5 Å². The van der Waals surface area contributed by atoms with Gasteiger partial charge in [-0.1, -0.05) is 29.7 Å². The number of carbonyl (C=O) groups is 2. The van der Waals surface area contributed by atoms with Crippen LogP contribution in [-0.2, 0) is 9.59 Å². The lowest BCUT2D eigenvalue weighted by Crippen LogP contribution is -2.21. The molecule has 0 aliphatic heterocycles. The molecule has 0 aromatic heterocycles. The quantitative estimate of drug-likeness (QED) is 0.351. The van der Waals surface area contributed by atoms with E-state index in [0.29, 0.717) is 22.1 Å². The Labute approximate surface area is 186 Å². The summed E-state index contributed by atoms with van der Waals surface area (Å²) in [5.41, 5.74) is 5.71. The van der Waals surface area contributed by atoms with Gasteiger partial charge in [-0.05, 0) is 48.7 Å². The van der Waals surface area contributed by atoms with Crippen molar-refractivity contribution in [2.75, 3.05) is 19.0 Å². The van der Waals surface area contributed by atoms with Gasteiger partial charge in [0.1, 0.15) is 6.61 Å². The number of ether oxygens (including phenoxy) is 2. The van der Waals surface area contributed by atoms with Gasteiger partial charge in [-0.25, -0.2) is 5.43 Å². The van der Waals surface area contributed by atoms with E-state index in [-0.39, 0.29) is 31.3 Å². The molecule has 0 atom stereocenters. The molecule has 0 saturated carbocycles. The summed E-state index contributed by atoms with van der Waals surface area (Å²) in [6.07, 6.45) is 6.64. The van der Waals surface area contributed by atoms with Crippen molar-refractivity contribution in [2.45, 2.75) is 26.7 Å². The van der Waals surface area contributed by atoms with Crippen molar-refractivity contribution in [2.24, 2.45) is 5.10 Å². The van der Waals surface area contributed by atoms with Gasteiger partial charge in [-0.3, -0.25) is 9.59 Å². The van der Waals surface area contributed by atoms with Crippen LogP contribution in [0.25, 0.3) is 0 Å². The summed E-state index contributed by atoms with van der Waals surface area (Å²) in [5, 5.41) is 7.01. The number of amides is 2. The number of anilines is 1. The van der Waals surface area contributed by atoms with Gasteiger partial charge in [0.25, 0.3) is 0 Å². The molecule has 0 spiro atoms. The molecule has 0 radical (unpaired) electrons. The summed E-state index contributed by atoms with van der Waals surface area (Å²) in [6, 6.07) is 9.03. The number of methoxy groups -OCH3 is 1. The number of terminal acetylenes is 1. The van der Waals surface area contributed by atoms with Gasteiger partial charge >= 0.3 is 0 Å². The van der Waals surface area contributed by atoms with E-state index in [4.69, 9.17) is 27.5 Å². The molecule has 0 unspecified atom stereocenters. The number of aryl methyl sites for hydroxylation is 2. The van der Waals surface area contributed by atoms with Gasteiger partial charge in [0.05, 0.1) is 18.3 Å². The molecule has 2 amide bonds. The molecule has 0 fully saturated rings. The number of nitrogens with one attached hydrogen (secondary N) is 2. The molecule has 31 heavy (non-hydrogen) atoms. The highest BCUT2D eigenvalue weighted by molar-refractivity contribution is 6.32. The largest absolute Gasteiger partial charge is 0.493 e. The number of nitrogens with zero attached hydrogens (tertiary/aromatic N) is 1. The number of benzene rings is 2. The Morgan fingerprint density at radius 2 is 1.94 bits per heavy atom. The van der Waals surface area contributed by atoms with Crippen LogP contribution < -0.4 is 20.2 Å². The first-order valence-corrected chi connectivity index (χ1v) is 9.84. The van der Waals surface area contributed by atoms with E-state index in [1.165, 1.54) is 13.3 Å². The van der Waals surface area contributed by atoms with Crippen molar-refractivity contribution in [1.82, 2.24) is 5.43 Å². The first kappa shape index (κ1) is 23.8. The highest BCUT2D eigenvalue weighted by Crippen LogP contribution is 2.35. The third-order valence-electron chi connectivity index (χ3n) is 4.20. The van der Waals surface area contributed by atoms with Crippen molar-refractivity contribution < 1.29 is 19.1 Å². The Morgan fingerprint density at radius 1 is 1.19 bits per heavy atom. The summed E-state index contributed by atoms with van der Waals surface area (Å²) in [4.78, 5) is 24.1. The second kappa shape index (κ2) is 11.6. The highest BCUT2D eigenvalue weighted by Gasteiger charge is 2.12. The van der Waals surface area contributed by atoms with Crippen LogP contribution in [0.5, 0.6) is 11.5 Å². The molecule has 7 nitrogen and oxygen atoms in total. The second-order valence-electron chi connectivity index (χ2n) is 6.69. The first-order valence-electron chi connectivity index (χ1n) is 9.46. The minimum atomic E-state index is -0.389. The minimum absolute atomic E-state index is 0.00300. The van der Waals surface area contributed by atoms with Gasteiger partial charge in [-0.15, -0.1) is 6.42 Å². The van der Waals surface area contributed by atoms with Crippen molar-refractivity contribution in [3.05, 3.63) is 52.0 Å². The van der Waals surface area contributed by atoms with E-state index >= 15 is 0 Å². The van der Waals surface area contributed by atoms with Crippen LogP contribution >= 0.6 is 11.6 Å². The highest BCUT2D eigenvalue weighted by atomic mass is 35.5. The predicted molar refractivity (Wildman–Crippen MR) is 122 cm³/mol. The van der Waals surface area contributed by atoms with Gasteiger partial charge in [-0.2, -0.15) is 5.10 Å². The van der Waals surface area contributed by atoms with Crippen LogP contribution in [-0.4, -0.2) is 31.7 Å². The molecular weight excluding hydrogens is 418 g/mol. The molecule has 8 heteroatoms. The lowest BCUT2D eigenvalue weighted by Gasteiger charge is -2.11. The fraction of sp³-hybridized carbons (Fsp3) is 0.261. The molecule has 0 aliphatic carbocycles. The Morgan fingerprint density at radius 3 is 2.65 bits per heavy atom. The Hall–Kier alpha value is -3.50. The second-order valence-corrected chi connectivity index (χ2v) is 7.09. The maximum absolute atomic E-state index is 12.1. The number of halogens is 1. The van der Waals surface area contributed by atoms with Crippen LogP contribution in [0.3, 0.4) is 0 Å². The third-order valence-corrected chi connectivity index (χ3v) is 4.48. The Kier molecular flexibility index (Phi) is 8.92. The van der Waals surface area contributed by atoms with Gasteiger partial charge in [0.2, 0.25) is 11.8 Å². The van der Waals surface area contributed by atoms with Crippen molar-refractivity contribution in [3.63, 3.8) is 0 Å². The molecular formula is C23H24ClN3O4. The van der Waals surface area contributed by atoms with Gasteiger partial charge in [0, 0.05) is 18.5 Å². The number of rotatable bonds is 9. The summed E-state index contributed by atoms with van der Waals surface area (Å²) < 4.78 is 10.6. The van der Waals surface area contributed by atoms with Crippen LogP contribution in [0.2, 0.25) is 5.02 Å². The lowest BCUT2D eigenvalue weighted by molar-refractivity contribution is -0.124. The molecule has 2 N–H and O–H groups in total. The number of carbonyl (C=O) groups excluding carboxylic acids is 2. The maximum atomic E-state index is 12.1. The van der Waals surface area contributed by atoms with E-state index in [0.717, 1.165) is 16.8 Å². The van der Waals surface area contributed by atoms with Gasteiger partial charge < -0.3 is 14.8 Å². The Bertz CT molecular complexity index is 1030. The summed E-state index contributed by atoms with van der Waals surface area (Å²) in [7, 11) is 1.47. The molecule has 0 saturated heterocycles. The molecule has 0 aliphatic rings. The predicted octanol–water partition coefficient (Wildman–Crippen LogP) is 3.85. The zero-order valence-corrected chi connectivity index (χ0v) is 18.4. The maximum Gasteiger partial charge on any atom is 0.240 e. The number of hydrazone groups is 1. The zero-order chi connectivity index (χ0) is 22.8. The average molecular weight is 442 g/mol. The summed E-state index contributed by atoms with van der Waals surface area (Å²) in [5.74, 6) is 2.44. The number of hydrogen-bond donors (Lipinski definition) is 2. The van der Waals surface area contributed by atoms with E-state index in [9.17, 15) is 9.59 Å². The van der Waals surface area contributed by atoms with Crippen molar-refractivity contribution >= 4 is 35.3 Å². The van der Waals surface area contributed by atoms with Crippen molar-refractivity contribution in [3.8, 4) is 23.8 Å². The van der Waals surface area contributed by atoms with Crippen LogP contribution in [0.1, 0.15) is 29.5 Å². The smallest absolute Gasteiger partial charge is 0.240 e. The average Bonchev–Trinajstić information content (AvgIpc) is 2.73. The molecule has 2 aromatic carbocycles.